The molecule has 0 amide bonds. The third kappa shape index (κ3) is 3.71. The molecule has 0 unspecified atom stereocenters. The van der Waals surface area contributed by atoms with Crippen molar-refractivity contribution in [2.45, 2.75) is 51.5 Å². The Morgan fingerprint density at radius 1 is 1.08 bits per heavy atom. The highest BCUT2D eigenvalue weighted by Crippen LogP contribution is 2.29. The van der Waals surface area contributed by atoms with Crippen LogP contribution in [0.25, 0.3) is 0 Å². The van der Waals surface area contributed by atoms with Gasteiger partial charge >= 0.3 is 0 Å². The zero-order chi connectivity index (χ0) is 17.2. The van der Waals surface area contributed by atoms with Gasteiger partial charge in [0.15, 0.2) is 5.82 Å². The Balaban J connectivity index is 1.35. The van der Waals surface area contributed by atoms with E-state index in [1.54, 1.807) is 0 Å². The van der Waals surface area contributed by atoms with E-state index in [4.69, 9.17) is 0 Å². The number of anilines is 1. The molecule has 134 valence electrons. The van der Waals surface area contributed by atoms with Crippen molar-refractivity contribution in [1.29, 1.82) is 0 Å². The average molecular weight is 339 g/mol. The molecular formula is C20H29N5. The highest BCUT2D eigenvalue weighted by molar-refractivity contribution is 5.48. The minimum atomic E-state index is 0.494. The number of aryl methyl sites for hydroxylation is 2. The van der Waals surface area contributed by atoms with E-state index in [0.717, 1.165) is 31.3 Å². The monoisotopic (exact) mass is 339 g/mol. The maximum absolute atomic E-state index is 4.57. The summed E-state index contributed by atoms with van der Waals surface area (Å²) in [4.78, 5) is 9.82. The second kappa shape index (κ2) is 7.16. The number of likely N-dealkylation sites (tertiary alicyclic amines) is 1. The summed E-state index contributed by atoms with van der Waals surface area (Å²) < 4.78 is 0. The highest BCUT2D eigenvalue weighted by Gasteiger charge is 2.30. The lowest BCUT2D eigenvalue weighted by molar-refractivity contribution is 0.126. The molecule has 5 nitrogen and oxygen atoms in total. The van der Waals surface area contributed by atoms with Gasteiger partial charge in [-0.3, -0.25) is 10.00 Å². The van der Waals surface area contributed by atoms with Crippen molar-refractivity contribution < 1.29 is 0 Å². The first-order chi connectivity index (χ1) is 12.2. The number of benzene rings is 1. The molecule has 1 atom stereocenters. The van der Waals surface area contributed by atoms with E-state index < -0.39 is 0 Å². The van der Waals surface area contributed by atoms with Crippen molar-refractivity contribution in [3.63, 3.8) is 0 Å². The van der Waals surface area contributed by atoms with Crippen LogP contribution in [-0.2, 0) is 0 Å². The summed E-state index contributed by atoms with van der Waals surface area (Å²) in [6.07, 6.45) is 4.99. The molecule has 25 heavy (non-hydrogen) atoms. The number of hydrogen-bond acceptors (Lipinski definition) is 4. The molecule has 0 saturated carbocycles. The SMILES string of the molecule is Cc1cccc(N2CCC(N3CCC[C@@H](c4n[nH]c(C)n4)C3)CC2)c1. The van der Waals surface area contributed by atoms with Gasteiger partial charge in [-0.15, -0.1) is 0 Å². The molecule has 2 saturated heterocycles. The quantitative estimate of drug-likeness (QED) is 0.932. The van der Waals surface area contributed by atoms with E-state index in [9.17, 15) is 0 Å². The van der Waals surface area contributed by atoms with Gasteiger partial charge in [0.1, 0.15) is 5.82 Å². The van der Waals surface area contributed by atoms with Crippen LogP contribution in [-0.4, -0.2) is 52.3 Å². The summed E-state index contributed by atoms with van der Waals surface area (Å²) in [5.41, 5.74) is 2.73. The fourth-order valence-electron chi connectivity index (χ4n) is 4.41. The molecule has 0 spiro atoms. The molecule has 1 aromatic carbocycles. The lowest BCUT2D eigenvalue weighted by Crippen LogP contribution is -2.48. The number of aromatic nitrogens is 3. The standard InChI is InChI=1S/C20H29N5/c1-15-5-3-7-19(13-15)24-11-8-18(9-12-24)25-10-4-6-17(14-25)20-21-16(2)22-23-20/h3,5,7,13,17-18H,4,6,8-12,14H2,1-2H3,(H,21,22,23)/t17-/m1/s1. The first-order valence-corrected chi connectivity index (χ1v) is 9.63. The lowest BCUT2D eigenvalue weighted by atomic mass is 9.93. The van der Waals surface area contributed by atoms with E-state index in [-0.39, 0.29) is 0 Å². The Labute approximate surface area is 150 Å². The van der Waals surface area contributed by atoms with Crippen molar-refractivity contribution in [1.82, 2.24) is 20.1 Å². The molecule has 2 fully saturated rings. The first kappa shape index (κ1) is 16.6. The maximum Gasteiger partial charge on any atom is 0.155 e. The predicted octanol–water partition coefficient (Wildman–Crippen LogP) is 3.27. The molecule has 5 heteroatoms. The lowest BCUT2D eigenvalue weighted by Gasteiger charge is -2.42. The number of aromatic amines is 1. The second-order valence-electron chi connectivity index (χ2n) is 7.67. The van der Waals surface area contributed by atoms with E-state index in [1.165, 1.54) is 43.5 Å². The molecule has 4 rings (SSSR count). The Morgan fingerprint density at radius 2 is 1.92 bits per heavy atom. The molecule has 0 radical (unpaired) electrons. The zero-order valence-corrected chi connectivity index (χ0v) is 15.4. The summed E-state index contributed by atoms with van der Waals surface area (Å²) in [5.74, 6) is 2.44. The summed E-state index contributed by atoms with van der Waals surface area (Å²) in [7, 11) is 0. The molecule has 3 heterocycles. The van der Waals surface area contributed by atoms with Crippen LogP contribution in [0.1, 0.15) is 48.8 Å². The molecule has 2 aliphatic rings. The second-order valence-corrected chi connectivity index (χ2v) is 7.67. The summed E-state index contributed by atoms with van der Waals surface area (Å²) in [6, 6.07) is 9.61. The number of H-pyrrole nitrogens is 1. The van der Waals surface area contributed by atoms with Gasteiger partial charge in [-0.25, -0.2) is 4.98 Å². The number of piperidine rings is 2. The van der Waals surface area contributed by atoms with Crippen LogP contribution >= 0.6 is 0 Å². The number of rotatable bonds is 3. The Kier molecular flexibility index (Phi) is 4.75. The molecule has 0 aliphatic carbocycles. The minimum absolute atomic E-state index is 0.494. The van der Waals surface area contributed by atoms with Gasteiger partial charge in [-0.1, -0.05) is 12.1 Å². The van der Waals surface area contributed by atoms with Gasteiger partial charge in [-0.05, 0) is 63.8 Å². The van der Waals surface area contributed by atoms with Gasteiger partial charge in [0.2, 0.25) is 0 Å². The van der Waals surface area contributed by atoms with Crippen LogP contribution in [0.15, 0.2) is 24.3 Å². The Morgan fingerprint density at radius 3 is 2.64 bits per heavy atom. The molecule has 1 aromatic heterocycles. The van der Waals surface area contributed by atoms with Crippen molar-refractivity contribution in [3.8, 4) is 0 Å². The number of hydrogen-bond donors (Lipinski definition) is 1. The zero-order valence-electron chi connectivity index (χ0n) is 15.4. The summed E-state index contributed by atoms with van der Waals surface area (Å²) in [5, 5.41) is 7.41. The van der Waals surface area contributed by atoms with Crippen molar-refractivity contribution in [3.05, 3.63) is 41.5 Å². The minimum Gasteiger partial charge on any atom is -0.371 e. The van der Waals surface area contributed by atoms with E-state index in [1.807, 2.05) is 6.92 Å². The van der Waals surface area contributed by atoms with Crippen LogP contribution in [0.5, 0.6) is 0 Å². The Bertz CT molecular complexity index is 702. The average Bonchev–Trinajstić information content (AvgIpc) is 3.08. The van der Waals surface area contributed by atoms with Gasteiger partial charge in [0.25, 0.3) is 0 Å². The highest BCUT2D eigenvalue weighted by atomic mass is 15.2. The van der Waals surface area contributed by atoms with Crippen molar-refractivity contribution in [2.24, 2.45) is 0 Å². The van der Waals surface area contributed by atoms with E-state index in [0.29, 0.717) is 12.0 Å². The summed E-state index contributed by atoms with van der Waals surface area (Å²) in [6.45, 7) is 8.83. The molecule has 2 aromatic rings. The van der Waals surface area contributed by atoms with Gasteiger partial charge in [0, 0.05) is 37.3 Å². The van der Waals surface area contributed by atoms with Crippen LogP contribution in [0.3, 0.4) is 0 Å². The largest absolute Gasteiger partial charge is 0.371 e. The van der Waals surface area contributed by atoms with Crippen LogP contribution in [0, 0.1) is 13.8 Å². The molecule has 2 aliphatic heterocycles. The van der Waals surface area contributed by atoms with Crippen LogP contribution in [0.2, 0.25) is 0 Å². The topological polar surface area (TPSA) is 48.0 Å². The molecule has 0 bridgehead atoms. The van der Waals surface area contributed by atoms with E-state index in [2.05, 4.69) is 56.2 Å². The third-order valence-corrected chi connectivity index (χ3v) is 5.78. The van der Waals surface area contributed by atoms with Gasteiger partial charge in [0.05, 0.1) is 0 Å². The number of nitrogens with zero attached hydrogens (tertiary/aromatic N) is 4. The smallest absolute Gasteiger partial charge is 0.155 e. The van der Waals surface area contributed by atoms with Gasteiger partial charge < -0.3 is 4.90 Å². The first-order valence-electron chi connectivity index (χ1n) is 9.63. The van der Waals surface area contributed by atoms with Gasteiger partial charge in [-0.2, -0.15) is 5.10 Å². The summed E-state index contributed by atoms with van der Waals surface area (Å²) >= 11 is 0. The number of nitrogens with one attached hydrogen (secondary N) is 1. The normalized spacial score (nSPS) is 23.1. The molecular weight excluding hydrogens is 310 g/mol. The third-order valence-electron chi connectivity index (χ3n) is 5.78. The fourth-order valence-corrected chi connectivity index (χ4v) is 4.41. The Hall–Kier alpha value is -1.88. The van der Waals surface area contributed by atoms with Crippen LogP contribution in [0.4, 0.5) is 5.69 Å². The molecule has 1 N–H and O–H groups in total. The fraction of sp³-hybridized carbons (Fsp3) is 0.600. The van der Waals surface area contributed by atoms with Crippen LogP contribution < -0.4 is 4.90 Å². The maximum atomic E-state index is 4.57. The van der Waals surface area contributed by atoms with Crippen molar-refractivity contribution in [2.75, 3.05) is 31.1 Å². The van der Waals surface area contributed by atoms with Crippen molar-refractivity contribution >= 4 is 5.69 Å². The van der Waals surface area contributed by atoms with E-state index >= 15 is 0 Å². The predicted molar refractivity (Wildman–Crippen MR) is 101 cm³/mol.